The van der Waals surface area contributed by atoms with Gasteiger partial charge in [-0.25, -0.2) is 17.8 Å². The Hall–Kier alpha value is -2.66. The molecule has 33 heavy (non-hydrogen) atoms. The number of aryl methyl sites for hydroxylation is 1. The Balaban J connectivity index is 1.28. The van der Waals surface area contributed by atoms with Crippen LogP contribution in [0.15, 0.2) is 58.8 Å². The largest absolute Gasteiger partial charge is 0.326 e. The highest BCUT2D eigenvalue weighted by Gasteiger charge is 2.29. The van der Waals surface area contributed by atoms with Gasteiger partial charge in [-0.2, -0.15) is 4.31 Å². The first-order valence-corrected chi connectivity index (χ1v) is 12.9. The Bertz CT molecular complexity index is 1220. The number of hydrogen-bond donors (Lipinski definition) is 1. The summed E-state index contributed by atoms with van der Waals surface area (Å²) in [4.78, 5) is 19.0. The van der Waals surface area contributed by atoms with Crippen LogP contribution >= 0.6 is 11.3 Å². The number of rotatable bonds is 7. The van der Waals surface area contributed by atoms with Gasteiger partial charge in [-0.15, -0.1) is 11.3 Å². The summed E-state index contributed by atoms with van der Waals surface area (Å²) >= 11 is 1.44. The van der Waals surface area contributed by atoms with E-state index in [1.807, 2.05) is 36.6 Å². The molecule has 7 nitrogen and oxygen atoms in total. The molecule has 2 aromatic carbocycles. The molecule has 0 saturated carbocycles. The van der Waals surface area contributed by atoms with Gasteiger partial charge in [0.25, 0.3) is 0 Å². The minimum absolute atomic E-state index is 0.0241. The molecule has 1 amide bonds. The summed E-state index contributed by atoms with van der Waals surface area (Å²) in [5.74, 6) is -0.683. The predicted octanol–water partition coefficient (Wildman–Crippen LogP) is 3.28. The lowest BCUT2D eigenvalue weighted by Gasteiger charge is -2.33. The number of halogens is 1. The van der Waals surface area contributed by atoms with Crippen molar-refractivity contribution in [1.82, 2.24) is 14.2 Å². The number of nitrogens with zero attached hydrogens (tertiary/aromatic N) is 3. The number of hydrogen-bond acceptors (Lipinski definition) is 6. The zero-order valence-electron chi connectivity index (χ0n) is 18.2. The van der Waals surface area contributed by atoms with E-state index in [0.29, 0.717) is 32.7 Å². The van der Waals surface area contributed by atoms with E-state index in [0.717, 1.165) is 28.0 Å². The average Bonchev–Trinajstić information content (AvgIpc) is 3.22. The van der Waals surface area contributed by atoms with Crippen molar-refractivity contribution in [2.75, 3.05) is 31.5 Å². The summed E-state index contributed by atoms with van der Waals surface area (Å²) < 4.78 is 40.3. The van der Waals surface area contributed by atoms with Gasteiger partial charge in [0.1, 0.15) is 10.8 Å². The fraction of sp³-hybridized carbons (Fsp3) is 0.304. The smallest absolute Gasteiger partial charge is 0.243 e. The molecule has 0 spiro atoms. The molecule has 4 rings (SSSR count). The maximum absolute atomic E-state index is 13.5. The van der Waals surface area contributed by atoms with Crippen LogP contribution in [0.4, 0.5) is 10.1 Å². The van der Waals surface area contributed by atoms with Crippen LogP contribution in [0.5, 0.6) is 0 Å². The third kappa shape index (κ3) is 6.02. The van der Waals surface area contributed by atoms with Gasteiger partial charge in [0.15, 0.2) is 0 Å². The maximum atomic E-state index is 13.5. The van der Waals surface area contributed by atoms with Crippen molar-refractivity contribution in [2.45, 2.75) is 24.8 Å². The van der Waals surface area contributed by atoms with Crippen molar-refractivity contribution in [3.63, 3.8) is 0 Å². The van der Waals surface area contributed by atoms with Gasteiger partial charge >= 0.3 is 0 Å². The quantitative estimate of drug-likeness (QED) is 0.552. The first kappa shape index (κ1) is 23.5. The summed E-state index contributed by atoms with van der Waals surface area (Å²) in [6, 6.07) is 12.7. The van der Waals surface area contributed by atoms with Crippen molar-refractivity contribution >= 4 is 33.0 Å². The molecular formula is C23H25FN4O3S2. The molecule has 1 fully saturated rings. The monoisotopic (exact) mass is 488 g/mol. The first-order valence-electron chi connectivity index (χ1n) is 10.6. The molecule has 10 heteroatoms. The number of anilines is 1. The Labute approximate surface area is 196 Å². The number of benzene rings is 2. The summed E-state index contributed by atoms with van der Waals surface area (Å²) in [5.41, 5.74) is 2.75. The summed E-state index contributed by atoms with van der Waals surface area (Å²) in [6.45, 7) is 4.34. The summed E-state index contributed by atoms with van der Waals surface area (Å²) in [7, 11) is -3.71. The zero-order chi connectivity index (χ0) is 23.4. The topological polar surface area (TPSA) is 82.6 Å². The van der Waals surface area contributed by atoms with Crippen LogP contribution in [-0.4, -0.2) is 54.7 Å². The second kappa shape index (κ2) is 10.1. The number of thiazole rings is 1. The fourth-order valence-corrected chi connectivity index (χ4v) is 5.85. The second-order valence-corrected chi connectivity index (χ2v) is 10.8. The molecule has 0 atom stereocenters. The van der Waals surface area contributed by atoms with Crippen LogP contribution in [0.3, 0.4) is 0 Å². The second-order valence-electron chi connectivity index (χ2n) is 7.96. The first-order chi connectivity index (χ1) is 15.8. The summed E-state index contributed by atoms with van der Waals surface area (Å²) in [6.07, 6.45) is 0.207. The Morgan fingerprint density at radius 1 is 1.12 bits per heavy atom. The van der Waals surface area contributed by atoms with Crippen molar-refractivity contribution in [3.8, 4) is 0 Å². The standard InChI is InChI=1S/C23H25FN4O3S2/c1-17-5-7-19(8-6-17)25-22(29)14-23-26-20(16-32-23)15-27-9-11-28(12-10-27)33(30,31)21-4-2-3-18(24)13-21/h2-8,13,16H,9-12,14-15H2,1H3,(H,25,29). The SMILES string of the molecule is Cc1ccc(NC(=O)Cc2nc(CN3CCN(S(=O)(=O)c4cccc(F)c4)CC3)cs2)cc1. The highest BCUT2D eigenvalue weighted by molar-refractivity contribution is 7.89. The predicted molar refractivity (Wildman–Crippen MR) is 126 cm³/mol. The van der Waals surface area contributed by atoms with E-state index in [4.69, 9.17) is 0 Å². The minimum atomic E-state index is -3.71. The number of sulfonamides is 1. The van der Waals surface area contributed by atoms with Gasteiger partial charge in [0, 0.05) is 43.8 Å². The van der Waals surface area contributed by atoms with Gasteiger partial charge in [0.05, 0.1) is 17.0 Å². The molecule has 0 bridgehead atoms. The van der Waals surface area contributed by atoms with E-state index in [1.165, 1.54) is 33.8 Å². The molecule has 0 aliphatic carbocycles. The normalized spacial score (nSPS) is 15.5. The number of piperazine rings is 1. The van der Waals surface area contributed by atoms with Crippen molar-refractivity contribution in [3.05, 3.63) is 76.0 Å². The molecule has 0 radical (unpaired) electrons. The van der Waals surface area contributed by atoms with Crippen LogP contribution in [0.1, 0.15) is 16.3 Å². The number of nitrogens with one attached hydrogen (secondary N) is 1. The number of aromatic nitrogens is 1. The van der Waals surface area contributed by atoms with E-state index in [9.17, 15) is 17.6 Å². The van der Waals surface area contributed by atoms with Crippen molar-refractivity contribution in [1.29, 1.82) is 0 Å². The van der Waals surface area contributed by atoms with E-state index in [2.05, 4.69) is 15.2 Å². The third-order valence-electron chi connectivity index (χ3n) is 5.40. The van der Waals surface area contributed by atoms with Gasteiger partial charge in [-0.05, 0) is 37.3 Å². The van der Waals surface area contributed by atoms with Gasteiger partial charge in [0.2, 0.25) is 15.9 Å². The molecular weight excluding hydrogens is 463 g/mol. The molecule has 2 heterocycles. The molecule has 1 aliphatic heterocycles. The van der Waals surface area contributed by atoms with Gasteiger partial charge < -0.3 is 5.32 Å². The Morgan fingerprint density at radius 2 is 1.85 bits per heavy atom. The lowest BCUT2D eigenvalue weighted by atomic mass is 10.2. The highest BCUT2D eigenvalue weighted by atomic mass is 32.2. The van der Waals surface area contributed by atoms with Gasteiger partial charge in [-0.3, -0.25) is 9.69 Å². The fourth-order valence-electron chi connectivity index (χ4n) is 3.62. The zero-order valence-corrected chi connectivity index (χ0v) is 19.8. The maximum Gasteiger partial charge on any atom is 0.243 e. The molecule has 174 valence electrons. The Kier molecular flexibility index (Phi) is 7.18. The van der Waals surface area contributed by atoms with Crippen LogP contribution in [0.25, 0.3) is 0 Å². The highest BCUT2D eigenvalue weighted by Crippen LogP contribution is 2.20. The molecule has 3 aromatic rings. The van der Waals surface area contributed by atoms with Crippen molar-refractivity contribution in [2.24, 2.45) is 0 Å². The van der Waals surface area contributed by atoms with Crippen LogP contribution in [0.2, 0.25) is 0 Å². The molecule has 1 aliphatic rings. The lowest BCUT2D eigenvalue weighted by Crippen LogP contribution is -2.48. The average molecular weight is 489 g/mol. The minimum Gasteiger partial charge on any atom is -0.326 e. The number of carbonyl (C=O) groups excluding carboxylic acids is 1. The Morgan fingerprint density at radius 3 is 2.55 bits per heavy atom. The molecule has 0 unspecified atom stereocenters. The van der Waals surface area contributed by atoms with E-state index in [-0.39, 0.29) is 17.2 Å². The van der Waals surface area contributed by atoms with Crippen LogP contribution < -0.4 is 5.32 Å². The molecule has 1 aromatic heterocycles. The number of amides is 1. The van der Waals surface area contributed by atoms with Crippen LogP contribution in [-0.2, 0) is 27.8 Å². The number of carbonyl (C=O) groups is 1. The summed E-state index contributed by atoms with van der Waals surface area (Å²) in [5, 5.41) is 5.55. The van der Waals surface area contributed by atoms with E-state index >= 15 is 0 Å². The van der Waals surface area contributed by atoms with E-state index in [1.54, 1.807) is 0 Å². The van der Waals surface area contributed by atoms with Crippen LogP contribution in [0, 0.1) is 12.7 Å². The molecule has 1 N–H and O–H groups in total. The third-order valence-corrected chi connectivity index (χ3v) is 8.19. The lowest BCUT2D eigenvalue weighted by molar-refractivity contribution is -0.115. The van der Waals surface area contributed by atoms with E-state index < -0.39 is 15.8 Å². The molecule has 1 saturated heterocycles. The van der Waals surface area contributed by atoms with Crippen molar-refractivity contribution < 1.29 is 17.6 Å². The van der Waals surface area contributed by atoms with Gasteiger partial charge in [-0.1, -0.05) is 23.8 Å².